The van der Waals surface area contributed by atoms with Crippen molar-refractivity contribution in [2.45, 2.75) is 13.0 Å². The lowest BCUT2D eigenvalue weighted by Crippen LogP contribution is -2.40. The average Bonchev–Trinajstić information content (AvgIpc) is 2.31. The summed E-state index contributed by atoms with van der Waals surface area (Å²) in [6.07, 6.45) is 3.78. The molecule has 1 saturated heterocycles. The molecule has 1 fully saturated rings. The van der Waals surface area contributed by atoms with Crippen LogP contribution in [0.2, 0.25) is 0 Å². The highest BCUT2D eigenvalue weighted by Crippen LogP contribution is 2.20. The first kappa shape index (κ1) is 11.4. The molecule has 0 radical (unpaired) electrons. The molecule has 16 heavy (non-hydrogen) atoms. The molecule has 1 aromatic heterocycles. The van der Waals surface area contributed by atoms with Crippen LogP contribution in [0.1, 0.15) is 17.5 Å². The Morgan fingerprint density at radius 3 is 2.94 bits per heavy atom. The number of nitrogens with zero attached hydrogens (tertiary/aromatic N) is 3. The van der Waals surface area contributed by atoms with Crippen LogP contribution >= 0.6 is 0 Å². The second-order valence-corrected chi connectivity index (χ2v) is 4.01. The van der Waals surface area contributed by atoms with E-state index in [1.54, 1.807) is 0 Å². The molecule has 2 heterocycles. The number of aromatic nitrogens is 2. The first-order valence-corrected chi connectivity index (χ1v) is 5.62. The lowest BCUT2D eigenvalue weighted by atomic mass is 10.1. The fraction of sp³-hybridized carbons (Fsp3) is 0.636. The maximum absolute atomic E-state index is 5.72. The molecule has 0 spiro atoms. The number of nitrogens with two attached hydrogens (primary N) is 1. The van der Waals surface area contributed by atoms with Crippen molar-refractivity contribution in [3.63, 3.8) is 0 Å². The molecule has 1 aliphatic heterocycles. The van der Waals surface area contributed by atoms with Crippen LogP contribution in [-0.2, 0) is 4.74 Å². The van der Waals surface area contributed by atoms with Gasteiger partial charge in [0.15, 0.2) is 0 Å². The van der Waals surface area contributed by atoms with Crippen LogP contribution < -0.4 is 5.73 Å². The highest BCUT2D eigenvalue weighted by molar-refractivity contribution is 5.10. The first-order chi connectivity index (χ1) is 7.79. The molecule has 1 aromatic rings. The third-order valence-electron chi connectivity index (χ3n) is 2.77. The summed E-state index contributed by atoms with van der Waals surface area (Å²) in [6.45, 7) is 6.08. The maximum atomic E-state index is 5.72. The van der Waals surface area contributed by atoms with Crippen LogP contribution in [0, 0.1) is 6.92 Å². The summed E-state index contributed by atoms with van der Waals surface area (Å²) in [5.41, 5.74) is 6.60. The van der Waals surface area contributed by atoms with Gasteiger partial charge in [0, 0.05) is 44.1 Å². The third-order valence-corrected chi connectivity index (χ3v) is 2.77. The Balaban J connectivity index is 2.01. The van der Waals surface area contributed by atoms with Gasteiger partial charge in [-0.2, -0.15) is 0 Å². The average molecular weight is 222 g/mol. The van der Waals surface area contributed by atoms with E-state index in [9.17, 15) is 0 Å². The normalized spacial score (nSPS) is 22.2. The van der Waals surface area contributed by atoms with Gasteiger partial charge in [-0.25, -0.2) is 9.97 Å². The van der Waals surface area contributed by atoms with Gasteiger partial charge in [-0.05, 0) is 6.92 Å². The SMILES string of the molecule is Cc1ncc(C2CN(CCN)CCO2)cn1. The minimum Gasteiger partial charge on any atom is -0.371 e. The van der Waals surface area contributed by atoms with Gasteiger partial charge < -0.3 is 10.5 Å². The molecular formula is C11H18N4O. The van der Waals surface area contributed by atoms with Crippen molar-refractivity contribution in [3.05, 3.63) is 23.8 Å². The van der Waals surface area contributed by atoms with Crippen LogP contribution in [0.25, 0.3) is 0 Å². The van der Waals surface area contributed by atoms with E-state index in [4.69, 9.17) is 10.5 Å². The molecule has 5 heteroatoms. The summed E-state index contributed by atoms with van der Waals surface area (Å²) in [4.78, 5) is 10.7. The second kappa shape index (κ2) is 5.34. The van der Waals surface area contributed by atoms with Gasteiger partial charge in [-0.15, -0.1) is 0 Å². The van der Waals surface area contributed by atoms with E-state index in [-0.39, 0.29) is 6.10 Å². The minimum absolute atomic E-state index is 0.0842. The molecule has 88 valence electrons. The molecule has 0 aliphatic carbocycles. The molecule has 1 atom stereocenters. The van der Waals surface area contributed by atoms with E-state index < -0.39 is 0 Å². The van der Waals surface area contributed by atoms with Crippen molar-refractivity contribution >= 4 is 0 Å². The zero-order valence-electron chi connectivity index (χ0n) is 9.59. The van der Waals surface area contributed by atoms with E-state index in [0.717, 1.165) is 37.6 Å². The molecule has 0 saturated carbocycles. The van der Waals surface area contributed by atoms with Gasteiger partial charge in [0.1, 0.15) is 5.82 Å². The Morgan fingerprint density at radius 2 is 2.25 bits per heavy atom. The van der Waals surface area contributed by atoms with E-state index in [1.807, 2.05) is 19.3 Å². The molecule has 0 amide bonds. The van der Waals surface area contributed by atoms with E-state index in [2.05, 4.69) is 14.9 Å². The van der Waals surface area contributed by atoms with Crippen LogP contribution in [-0.4, -0.2) is 47.7 Å². The van der Waals surface area contributed by atoms with Crippen molar-refractivity contribution in [1.29, 1.82) is 0 Å². The lowest BCUT2D eigenvalue weighted by molar-refractivity contribution is -0.0292. The van der Waals surface area contributed by atoms with Gasteiger partial charge in [-0.1, -0.05) is 0 Å². The topological polar surface area (TPSA) is 64.3 Å². The Bertz CT molecular complexity index is 325. The molecule has 2 N–H and O–H groups in total. The second-order valence-electron chi connectivity index (χ2n) is 4.01. The number of rotatable bonds is 3. The highest BCUT2D eigenvalue weighted by Gasteiger charge is 2.21. The minimum atomic E-state index is 0.0842. The van der Waals surface area contributed by atoms with Gasteiger partial charge >= 0.3 is 0 Å². The van der Waals surface area contributed by atoms with Crippen LogP contribution in [0.3, 0.4) is 0 Å². The summed E-state index contributed by atoms with van der Waals surface area (Å²) in [5.74, 6) is 0.790. The summed E-state index contributed by atoms with van der Waals surface area (Å²) in [5, 5.41) is 0. The summed E-state index contributed by atoms with van der Waals surface area (Å²) < 4.78 is 5.72. The molecule has 0 aromatic carbocycles. The van der Waals surface area contributed by atoms with E-state index in [0.29, 0.717) is 6.54 Å². The monoisotopic (exact) mass is 222 g/mol. The maximum Gasteiger partial charge on any atom is 0.125 e. The summed E-state index contributed by atoms with van der Waals surface area (Å²) in [7, 11) is 0. The molecule has 5 nitrogen and oxygen atoms in total. The smallest absolute Gasteiger partial charge is 0.125 e. The summed E-state index contributed by atoms with van der Waals surface area (Å²) >= 11 is 0. The summed E-state index contributed by atoms with van der Waals surface area (Å²) in [6, 6.07) is 0. The van der Waals surface area contributed by atoms with Crippen LogP contribution in [0.4, 0.5) is 0 Å². The fourth-order valence-electron chi connectivity index (χ4n) is 1.86. The predicted octanol–water partition coefficient (Wildman–Crippen LogP) is 0.117. The number of hydrogen-bond donors (Lipinski definition) is 1. The number of ether oxygens (including phenoxy) is 1. The van der Waals surface area contributed by atoms with Crippen molar-refractivity contribution in [2.24, 2.45) is 5.73 Å². The quantitative estimate of drug-likeness (QED) is 0.786. The molecule has 0 bridgehead atoms. The first-order valence-electron chi connectivity index (χ1n) is 5.62. The van der Waals surface area contributed by atoms with Gasteiger partial charge in [0.05, 0.1) is 12.7 Å². The zero-order valence-corrected chi connectivity index (χ0v) is 9.59. The Labute approximate surface area is 95.6 Å². The third kappa shape index (κ3) is 2.75. The lowest BCUT2D eigenvalue weighted by Gasteiger charge is -2.32. The Kier molecular flexibility index (Phi) is 3.82. The van der Waals surface area contributed by atoms with Crippen molar-refractivity contribution in [1.82, 2.24) is 14.9 Å². The Morgan fingerprint density at radius 1 is 1.50 bits per heavy atom. The van der Waals surface area contributed by atoms with Crippen molar-refractivity contribution < 1.29 is 4.74 Å². The van der Waals surface area contributed by atoms with Crippen LogP contribution in [0.5, 0.6) is 0 Å². The van der Waals surface area contributed by atoms with Gasteiger partial charge in [0.2, 0.25) is 0 Å². The number of aryl methyl sites for hydroxylation is 1. The number of morpholine rings is 1. The molecular weight excluding hydrogens is 204 g/mol. The van der Waals surface area contributed by atoms with Crippen LogP contribution in [0.15, 0.2) is 12.4 Å². The van der Waals surface area contributed by atoms with Crippen molar-refractivity contribution in [2.75, 3.05) is 32.8 Å². The fourth-order valence-corrected chi connectivity index (χ4v) is 1.86. The van der Waals surface area contributed by atoms with Gasteiger partial charge in [-0.3, -0.25) is 4.90 Å². The Hall–Kier alpha value is -1.04. The highest BCUT2D eigenvalue weighted by atomic mass is 16.5. The largest absolute Gasteiger partial charge is 0.371 e. The van der Waals surface area contributed by atoms with Gasteiger partial charge in [0.25, 0.3) is 0 Å². The van der Waals surface area contributed by atoms with E-state index >= 15 is 0 Å². The molecule has 2 rings (SSSR count). The molecule has 1 aliphatic rings. The standard InChI is InChI=1S/C11H18N4O/c1-9-13-6-10(7-14-9)11-8-15(3-2-12)4-5-16-11/h6-7,11H,2-5,8,12H2,1H3. The van der Waals surface area contributed by atoms with Crippen molar-refractivity contribution in [3.8, 4) is 0 Å². The zero-order chi connectivity index (χ0) is 11.4. The molecule has 1 unspecified atom stereocenters. The predicted molar refractivity (Wildman–Crippen MR) is 61.0 cm³/mol. The number of hydrogen-bond acceptors (Lipinski definition) is 5. The van der Waals surface area contributed by atoms with E-state index in [1.165, 1.54) is 0 Å².